The van der Waals surface area contributed by atoms with Gasteiger partial charge in [0.05, 0.1) is 26.4 Å². The van der Waals surface area contributed by atoms with Crippen LogP contribution in [0.2, 0.25) is 0 Å². The van der Waals surface area contributed by atoms with Gasteiger partial charge in [0.2, 0.25) is 0 Å². The van der Waals surface area contributed by atoms with E-state index in [0.717, 1.165) is 48.2 Å². The second kappa shape index (κ2) is 11.3. The molecule has 2 aromatic carbocycles. The fourth-order valence-corrected chi connectivity index (χ4v) is 5.35. The number of hydrogen-bond donors (Lipinski definition) is 0. The highest BCUT2D eigenvalue weighted by molar-refractivity contribution is 5.74. The Kier molecular flexibility index (Phi) is 8.24. The molecule has 2 aliphatic rings. The topological polar surface area (TPSA) is 57.2 Å². The Labute approximate surface area is 203 Å². The summed E-state index contributed by atoms with van der Waals surface area (Å²) in [5.74, 6) is 0.252. The van der Waals surface area contributed by atoms with E-state index in [1.807, 2.05) is 23.3 Å². The molecule has 2 fully saturated rings. The van der Waals surface area contributed by atoms with Crippen molar-refractivity contribution in [2.75, 3.05) is 20.3 Å². The lowest BCUT2D eigenvalue weighted by atomic mass is 9.86. The first-order chi connectivity index (χ1) is 16.5. The molecule has 0 radical (unpaired) electrons. The molecular formula is C28H37NO5. The van der Waals surface area contributed by atoms with Gasteiger partial charge in [0.25, 0.3) is 0 Å². The van der Waals surface area contributed by atoms with E-state index in [1.165, 1.54) is 12.7 Å². The molecule has 0 saturated carbocycles. The smallest absolute Gasteiger partial charge is 0.313 e. The van der Waals surface area contributed by atoms with E-state index in [1.54, 1.807) is 0 Å². The van der Waals surface area contributed by atoms with Gasteiger partial charge >= 0.3 is 5.97 Å². The summed E-state index contributed by atoms with van der Waals surface area (Å²) in [6, 6.07) is 14.4. The van der Waals surface area contributed by atoms with Crippen LogP contribution < -0.4 is 4.74 Å². The summed E-state index contributed by atoms with van der Waals surface area (Å²) >= 11 is 0. The van der Waals surface area contributed by atoms with Crippen LogP contribution in [0.3, 0.4) is 0 Å². The average molecular weight is 468 g/mol. The van der Waals surface area contributed by atoms with E-state index in [2.05, 4.69) is 45.0 Å². The van der Waals surface area contributed by atoms with Crippen LogP contribution in [0.25, 0.3) is 0 Å². The first kappa shape index (κ1) is 24.7. The van der Waals surface area contributed by atoms with Crippen LogP contribution in [-0.4, -0.2) is 49.5 Å². The van der Waals surface area contributed by atoms with Crippen molar-refractivity contribution in [1.29, 1.82) is 0 Å². The van der Waals surface area contributed by atoms with Gasteiger partial charge in [-0.3, -0.25) is 9.63 Å². The Morgan fingerprint density at radius 1 is 1.12 bits per heavy atom. The number of carbonyl (C=O) groups is 1. The molecule has 4 rings (SSSR count). The lowest BCUT2D eigenvalue weighted by molar-refractivity contribution is -0.192. The Bertz CT molecular complexity index is 940. The second-order valence-corrected chi connectivity index (χ2v) is 9.53. The molecule has 2 aliphatic heterocycles. The summed E-state index contributed by atoms with van der Waals surface area (Å²) in [5, 5.41) is 1.99. The zero-order valence-electron chi connectivity index (χ0n) is 20.8. The SMILES string of the molecule is COC(=O)[C@H]1[C@H]([C@@H](CCOCc2ccccc2)Oc2c(C)cc(C)cc2C)ON2CCCC[C@H]12. The molecule has 6 nitrogen and oxygen atoms in total. The van der Waals surface area contributed by atoms with Gasteiger partial charge in [-0.15, -0.1) is 0 Å². The van der Waals surface area contributed by atoms with Crippen LogP contribution in [0.4, 0.5) is 0 Å². The number of piperidine rings is 1. The van der Waals surface area contributed by atoms with Crippen molar-refractivity contribution in [3.63, 3.8) is 0 Å². The first-order valence-electron chi connectivity index (χ1n) is 12.4. The minimum Gasteiger partial charge on any atom is -0.487 e. The number of hydroxylamine groups is 2. The Hall–Kier alpha value is -2.41. The van der Waals surface area contributed by atoms with Gasteiger partial charge in [0.1, 0.15) is 23.9 Å². The van der Waals surface area contributed by atoms with Crippen molar-refractivity contribution in [2.45, 2.75) is 71.3 Å². The van der Waals surface area contributed by atoms with Gasteiger partial charge in [-0.2, -0.15) is 5.06 Å². The third-order valence-electron chi connectivity index (χ3n) is 6.90. The number of aryl methyl sites for hydroxylation is 3. The molecule has 0 unspecified atom stereocenters. The van der Waals surface area contributed by atoms with E-state index in [-0.39, 0.29) is 24.0 Å². The molecule has 2 aromatic rings. The predicted molar refractivity (Wildman–Crippen MR) is 131 cm³/mol. The number of esters is 1. The van der Waals surface area contributed by atoms with E-state index in [4.69, 9.17) is 19.0 Å². The molecule has 0 N–H and O–H groups in total. The van der Waals surface area contributed by atoms with Gasteiger partial charge in [-0.1, -0.05) is 54.4 Å². The number of nitrogens with zero attached hydrogens (tertiary/aromatic N) is 1. The largest absolute Gasteiger partial charge is 0.487 e. The summed E-state index contributed by atoms with van der Waals surface area (Å²) < 4.78 is 17.9. The minimum absolute atomic E-state index is 0.0303. The molecular weight excluding hydrogens is 430 g/mol. The van der Waals surface area contributed by atoms with E-state index < -0.39 is 6.10 Å². The van der Waals surface area contributed by atoms with Crippen LogP contribution in [-0.2, 0) is 25.7 Å². The second-order valence-electron chi connectivity index (χ2n) is 9.53. The van der Waals surface area contributed by atoms with Crippen LogP contribution >= 0.6 is 0 Å². The van der Waals surface area contributed by atoms with Gasteiger partial charge in [0, 0.05) is 13.0 Å². The summed E-state index contributed by atoms with van der Waals surface area (Å²) in [6.45, 7) is 8.08. The van der Waals surface area contributed by atoms with Crippen LogP contribution in [0.5, 0.6) is 5.75 Å². The van der Waals surface area contributed by atoms with Crippen molar-refractivity contribution < 1.29 is 23.8 Å². The molecule has 4 atom stereocenters. The number of methoxy groups -OCH3 is 1. The van der Waals surface area contributed by atoms with Crippen LogP contribution in [0.15, 0.2) is 42.5 Å². The number of carbonyl (C=O) groups excluding carboxylic acids is 1. The van der Waals surface area contributed by atoms with E-state index >= 15 is 0 Å². The standard InChI is InChI=1S/C28H37NO5/c1-19-16-20(2)26(21(3)17-19)33-24(13-15-32-18-22-10-6-5-7-11-22)27-25(28(30)31-4)23-12-8-9-14-29(23)34-27/h5-7,10-11,16-17,23-25,27H,8-9,12-15,18H2,1-4H3/t23-,24-,25-,27+/m1/s1. The van der Waals surface area contributed by atoms with Crippen LogP contribution in [0, 0.1) is 26.7 Å². The maximum absolute atomic E-state index is 12.9. The molecule has 0 aliphatic carbocycles. The normalized spacial score (nSPS) is 23.4. The van der Waals surface area contributed by atoms with Gasteiger partial charge < -0.3 is 14.2 Å². The Balaban J connectivity index is 1.55. The first-order valence-corrected chi connectivity index (χ1v) is 12.4. The predicted octanol–water partition coefficient (Wildman–Crippen LogP) is 4.92. The van der Waals surface area contributed by atoms with Crippen molar-refractivity contribution in [3.05, 3.63) is 64.7 Å². The van der Waals surface area contributed by atoms with Crippen molar-refractivity contribution in [1.82, 2.24) is 5.06 Å². The molecule has 0 bridgehead atoms. The molecule has 184 valence electrons. The fraction of sp³-hybridized carbons (Fsp3) is 0.536. The molecule has 0 aromatic heterocycles. The van der Waals surface area contributed by atoms with Gasteiger partial charge in [-0.05, 0) is 50.3 Å². The summed E-state index contributed by atoms with van der Waals surface area (Å²) in [7, 11) is 1.46. The third kappa shape index (κ3) is 5.62. The van der Waals surface area contributed by atoms with E-state index in [9.17, 15) is 4.79 Å². The monoisotopic (exact) mass is 467 g/mol. The summed E-state index contributed by atoms with van der Waals surface area (Å²) in [5.41, 5.74) is 4.50. The quantitative estimate of drug-likeness (QED) is 0.385. The third-order valence-corrected chi connectivity index (χ3v) is 6.90. The molecule has 34 heavy (non-hydrogen) atoms. The molecule has 6 heteroatoms. The molecule has 0 amide bonds. The highest BCUT2D eigenvalue weighted by atomic mass is 16.7. The Morgan fingerprint density at radius 3 is 2.56 bits per heavy atom. The number of rotatable bonds is 9. The Morgan fingerprint density at radius 2 is 1.85 bits per heavy atom. The highest BCUT2D eigenvalue weighted by Crippen LogP contribution is 2.39. The van der Waals surface area contributed by atoms with Crippen LogP contribution in [0.1, 0.15) is 47.9 Å². The number of benzene rings is 2. The van der Waals surface area contributed by atoms with Crippen molar-refractivity contribution in [3.8, 4) is 5.75 Å². The highest BCUT2D eigenvalue weighted by Gasteiger charge is 2.52. The summed E-state index contributed by atoms with van der Waals surface area (Å²) in [4.78, 5) is 19.3. The van der Waals surface area contributed by atoms with Crippen molar-refractivity contribution >= 4 is 5.97 Å². The zero-order valence-corrected chi connectivity index (χ0v) is 20.8. The minimum atomic E-state index is -0.420. The maximum atomic E-state index is 12.9. The maximum Gasteiger partial charge on any atom is 0.313 e. The molecule has 0 spiro atoms. The number of fused-ring (bicyclic) bond motifs is 1. The van der Waals surface area contributed by atoms with Gasteiger partial charge in [-0.25, -0.2) is 0 Å². The average Bonchev–Trinajstić information content (AvgIpc) is 3.22. The van der Waals surface area contributed by atoms with E-state index in [0.29, 0.717) is 19.6 Å². The molecule has 2 saturated heterocycles. The van der Waals surface area contributed by atoms with Gasteiger partial charge in [0.15, 0.2) is 0 Å². The number of ether oxygens (including phenoxy) is 3. The molecule has 2 heterocycles. The van der Waals surface area contributed by atoms with Crippen molar-refractivity contribution in [2.24, 2.45) is 5.92 Å². The lowest BCUT2D eigenvalue weighted by Gasteiger charge is -2.29. The fourth-order valence-electron chi connectivity index (χ4n) is 5.35. The number of hydrogen-bond acceptors (Lipinski definition) is 6. The lowest BCUT2D eigenvalue weighted by Crippen LogP contribution is -2.44. The zero-order chi connectivity index (χ0) is 24.1. The summed E-state index contributed by atoms with van der Waals surface area (Å²) in [6.07, 6.45) is 2.93.